The predicted octanol–water partition coefficient (Wildman–Crippen LogP) is 5.05. The maximum atomic E-state index is 12.3. The fraction of sp³-hybridized carbons (Fsp3) is 0.0870. The Morgan fingerprint density at radius 3 is 1.94 bits per heavy atom. The minimum absolute atomic E-state index is 0.0454. The Hall–Kier alpha value is -4.33. The van der Waals surface area contributed by atoms with Crippen molar-refractivity contribution in [3.8, 4) is 17.2 Å². The number of esters is 1. The summed E-state index contributed by atoms with van der Waals surface area (Å²) in [5, 5.41) is 2.47. The third kappa shape index (κ3) is 6.33. The highest BCUT2D eigenvalue weighted by atomic mass is 16.7. The van der Waals surface area contributed by atoms with E-state index in [-0.39, 0.29) is 23.6 Å². The highest BCUT2D eigenvalue weighted by Crippen LogP contribution is 2.25. The molecule has 8 nitrogen and oxygen atoms in total. The highest BCUT2D eigenvalue weighted by molar-refractivity contribution is 6.00. The van der Waals surface area contributed by atoms with Crippen LogP contribution in [0.1, 0.15) is 17.3 Å². The van der Waals surface area contributed by atoms with E-state index in [9.17, 15) is 14.4 Å². The van der Waals surface area contributed by atoms with E-state index >= 15 is 0 Å². The molecule has 0 aliphatic heterocycles. The minimum Gasteiger partial charge on any atom is -0.462 e. The van der Waals surface area contributed by atoms with Crippen LogP contribution in [0.5, 0.6) is 17.2 Å². The van der Waals surface area contributed by atoms with Crippen LogP contribution in [0.3, 0.4) is 0 Å². The highest BCUT2D eigenvalue weighted by Gasteiger charge is 2.18. The first-order valence-electron chi connectivity index (χ1n) is 9.35. The van der Waals surface area contributed by atoms with Gasteiger partial charge in [-0.2, -0.15) is 0 Å². The third-order valence-electron chi connectivity index (χ3n) is 3.82. The molecule has 0 aliphatic rings. The molecule has 3 aromatic carbocycles. The molecule has 0 spiro atoms. The molecule has 0 saturated heterocycles. The molecular formula is C23H19NO7. The van der Waals surface area contributed by atoms with Crippen molar-refractivity contribution in [3.05, 3.63) is 84.4 Å². The Bertz CT molecular complexity index is 1050. The standard InChI is InChI=1S/C23H19NO7/c1-2-28-21(25)19-14-13-18(31-23(27)30-17-11-7-4-8-12-17)15-20(19)24-22(26)29-16-9-5-3-6-10-16/h3-15H,2H2,1H3,(H,24,26). The van der Waals surface area contributed by atoms with Gasteiger partial charge in [0.15, 0.2) is 0 Å². The van der Waals surface area contributed by atoms with Crippen LogP contribution in [0.2, 0.25) is 0 Å². The maximum absolute atomic E-state index is 12.3. The van der Waals surface area contributed by atoms with E-state index in [4.69, 9.17) is 18.9 Å². The second-order valence-electron chi connectivity index (χ2n) is 6.02. The Labute approximate surface area is 178 Å². The Morgan fingerprint density at radius 1 is 0.742 bits per heavy atom. The molecule has 158 valence electrons. The largest absolute Gasteiger partial charge is 0.519 e. The first-order valence-corrected chi connectivity index (χ1v) is 9.35. The maximum Gasteiger partial charge on any atom is 0.519 e. The van der Waals surface area contributed by atoms with Gasteiger partial charge in [-0.05, 0) is 43.3 Å². The number of amides is 1. The average molecular weight is 421 g/mol. The number of carbonyl (C=O) groups excluding carboxylic acids is 3. The van der Waals surface area contributed by atoms with Gasteiger partial charge in [-0.3, -0.25) is 5.32 Å². The van der Waals surface area contributed by atoms with Gasteiger partial charge < -0.3 is 18.9 Å². The van der Waals surface area contributed by atoms with Gasteiger partial charge in [0.1, 0.15) is 17.2 Å². The summed E-state index contributed by atoms with van der Waals surface area (Å²) < 4.78 is 20.4. The summed E-state index contributed by atoms with van der Waals surface area (Å²) in [5.41, 5.74) is 0.111. The lowest BCUT2D eigenvalue weighted by Crippen LogP contribution is -2.20. The number of benzene rings is 3. The summed E-state index contributed by atoms with van der Waals surface area (Å²) in [4.78, 5) is 36.5. The van der Waals surface area contributed by atoms with Crippen molar-refractivity contribution in [1.82, 2.24) is 0 Å². The summed E-state index contributed by atoms with van der Waals surface area (Å²) in [7, 11) is 0. The van der Waals surface area contributed by atoms with E-state index in [1.807, 2.05) is 0 Å². The van der Waals surface area contributed by atoms with Crippen molar-refractivity contribution >= 4 is 23.9 Å². The number of anilines is 1. The molecule has 1 N–H and O–H groups in total. The zero-order valence-electron chi connectivity index (χ0n) is 16.6. The molecule has 0 aromatic heterocycles. The average Bonchev–Trinajstić information content (AvgIpc) is 2.75. The first-order chi connectivity index (χ1) is 15.0. The quantitative estimate of drug-likeness (QED) is 0.439. The van der Waals surface area contributed by atoms with Crippen molar-refractivity contribution in [2.45, 2.75) is 6.92 Å². The Kier molecular flexibility index (Phi) is 7.21. The lowest BCUT2D eigenvalue weighted by Gasteiger charge is -2.13. The molecule has 3 aromatic rings. The summed E-state index contributed by atoms with van der Waals surface area (Å²) in [5.74, 6) is 0.0110. The Morgan fingerprint density at radius 2 is 1.32 bits per heavy atom. The molecule has 0 radical (unpaired) electrons. The fourth-order valence-corrected chi connectivity index (χ4v) is 2.51. The van der Waals surface area contributed by atoms with Crippen LogP contribution >= 0.6 is 0 Å². The molecule has 0 fully saturated rings. The van der Waals surface area contributed by atoms with Crippen molar-refractivity contribution in [3.63, 3.8) is 0 Å². The number of ether oxygens (including phenoxy) is 4. The van der Waals surface area contributed by atoms with Gasteiger partial charge in [-0.25, -0.2) is 14.4 Å². The smallest absolute Gasteiger partial charge is 0.462 e. The zero-order valence-corrected chi connectivity index (χ0v) is 16.6. The van der Waals surface area contributed by atoms with Crippen LogP contribution < -0.4 is 19.5 Å². The normalized spacial score (nSPS) is 9.97. The number of rotatable bonds is 6. The van der Waals surface area contributed by atoms with Gasteiger partial charge in [-0.1, -0.05) is 36.4 Å². The summed E-state index contributed by atoms with van der Waals surface area (Å²) in [6.07, 6.45) is -1.81. The van der Waals surface area contributed by atoms with E-state index in [1.54, 1.807) is 67.6 Å². The molecule has 8 heteroatoms. The SMILES string of the molecule is CCOC(=O)c1ccc(OC(=O)Oc2ccccc2)cc1NC(=O)Oc1ccccc1. The lowest BCUT2D eigenvalue weighted by molar-refractivity contribution is 0.0527. The van der Waals surface area contributed by atoms with Crippen molar-refractivity contribution in [2.24, 2.45) is 0 Å². The fourth-order valence-electron chi connectivity index (χ4n) is 2.51. The van der Waals surface area contributed by atoms with Crippen LogP contribution in [-0.2, 0) is 4.74 Å². The molecule has 1 amide bonds. The summed E-state index contributed by atoms with van der Waals surface area (Å²) in [6, 6.07) is 20.8. The summed E-state index contributed by atoms with van der Waals surface area (Å²) >= 11 is 0. The van der Waals surface area contributed by atoms with Crippen molar-refractivity contribution in [2.75, 3.05) is 11.9 Å². The molecular weight excluding hydrogens is 402 g/mol. The topological polar surface area (TPSA) is 100 Å². The van der Waals surface area contributed by atoms with E-state index in [0.717, 1.165) is 0 Å². The molecule has 0 unspecified atom stereocenters. The van der Waals surface area contributed by atoms with E-state index in [2.05, 4.69) is 5.32 Å². The lowest BCUT2D eigenvalue weighted by atomic mass is 10.1. The monoisotopic (exact) mass is 421 g/mol. The third-order valence-corrected chi connectivity index (χ3v) is 3.82. The molecule has 0 heterocycles. The second-order valence-corrected chi connectivity index (χ2v) is 6.02. The Balaban J connectivity index is 1.76. The van der Waals surface area contributed by atoms with E-state index in [0.29, 0.717) is 11.5 Å². The number of carbonyl (C=O) groups is 3. The van der Waals surface area contributed by atoms with Gasteiger partial charge in [0.25, 0.3) is 0 Å². The number of hydrogen-bond donors (Lipinski definition) is 1. The van der Waals surface area contributed by atoms with Gasteiger partial charge >= 0.3 is 18.2 Å². The van der Waals surface area contributed by atoms with Crippen molar-refractivity contribution in [1.29, 1.82) is 0 Å². The molecule has 0 saturated carbocycles. The van der Waals surface area contributed by atoms with Crippen LogP contribution in [0, 0.1) is 0 Å². The van der Waals surface area contributed by atoms with Crippen LogP contribution in [0.25, 0.3) is 0 Å². The molecule has 3 rings (SSSR count). The zero-order chi connectivity index (χ0) is 22.1. The summed E-state index contributed by atoms with van der Waals surface area (Å²) in [6.45, 7) is 1.81. The first kappa shape index (κ1) is 21.4. The van der Waals surface area contributed by atoms with Crippen molar-refractivity contribution < 1.29 is 33.3 Å². The van der Waals surface area contributed by atoms with Crippen LogP contribution in [-0.4, -0.2) is 24.8 Å². The molecule has 0 atom stereocenters. The molecule has 0 aliphatic carbocycles. The van der Waals surface area contributed by atoms with Crippen LogP contribution in [0.15, 0.2) is 78.9 Å². The number of para-hydroxylation sites is 2. The van der Waals surface area contributed by atoms with Crippen LogP contribution in [0.4, 0.5) is 15.3 Å². The minimum atomic E-state index is -0.979. The number of hydrogen-bond acceptors (Lipinski definition) is 7. The van der Waals surface area contributed by atoms with Gasteiger partial charge in [0, 0.05) is 6.07 Å². The van der Waals surface area contributed by atoms with E-state index in [1.165, 1.54) is 18.2 Å². The molecule has 0 bridgehead atoms. The number of nitrogens with one attached hydrogen (secondary N) is 1. The second kappa shape index (κ2) is 10.4. The van der Waals surface area contributed by atoms with E-state index < -0.39 is 18.2 Å². The van der Waals surface area contributed by atoms with Gasteiger partial charge in [-0.15, -0.1) is 0 Å². The van der Waals surface area contributed by atoms with Gasteiger partial charge in [0.2, 0.25) is 0 Å². The van der Waals surface area contributed by atoms with Gasteiger partial charge in [0.05, 0.1) is 17.9 Å². The predicted molar refractivity (Wildman–Crippen MR) is 112 cm³/mol. The molecule has 31 heavy (non-hydrogen) atoms.